The molecule has 0 unspecified atom stereocenters. The van der Waals surface area contributed by atoms with Crippen LogP contribution in [0.2, 0.25) is 5.02 Å². The Labute approximate surface area is 129 Å². The van der Waals surface area contributed by atoms with E-state index >= 15 is 0 Å². The molecule has 108 valence electrons. The number of fused-ring (bicyclic) bond motifs is 5. The predicted molar refractivity (Wildman–Crippen MR) is 86.9 cm³/mol. The van der Waals surface area contributed by atoms with Crippen LogP contribution in [0.1, 0.15) is 10.4 Å². The average Bonchev–Trinajstić information content (AvgIpc) is 2.84. The zero-order valence-corrected chi connectivity index (χ0v) is 12.0. The van der Waals surface area contributed by atoms with E-state index in [1.54, 1.807) is 0 Å². The molecule has 0 atom stereocenters. The van der Waals surface area contributed by atoms with Gasteiger partial charge in [0.15, 0.2) is 0 Å². The lowest BCUT2D eigenvalue weighted by Crippen LogP contribution is -1.96. The Morgan fingerprint density at radius 1 is 1.00 bits per heavy atom. The lowest BCUT2D eigenvalue weighted by molar-refractivity contribution is 0.0694. The molecule has 4 rings (SSSR count). The van der Waals surface area contributed by atoms with Gasteiger partial charge in [0.2, 0.25) is 0 Å². The van der Waals surface area contributed by atoms with Crippen molar-refractivity contribution in [2.75, 3.05) is 0 Å². The topological polar surface area (TPSA) is 73.3 Å². The molecule has 1 heterocycles. The van der Waals surface area contributed by atoms with Crippen molar-refractivity contribution in [1.82, 2.24) is 4.98 Å². The van der Waals surface area contributed by atoms with Crippen LogP contribution in [0.3, 0.4) is 0 Å². The molecule has 4 nitrogen and oxygen atoms in total. The number of hydrogen-bond donors (Lipinski definition) is 3. The van der Waals surface area contributed by atoms with Gasteiger partial charge in [0.25, 0.3) is 0 Å². The summed E-state index contributed by atoms with van der Waals surface area (Å²) in [5.74, 6) is -1.40. The number of rotatable bonds is 1. The smallest absolute Gasteiger partial charge is 0.339 e. The molecule has 0 aliphatic carbocycles. The highest BCUT2D eigenvalue weighted by Gasteiger charge is 2.14. The number of halogens is 1. The third kappa shape index (κ3) is 1.74. The summed E-state index contributed by atoms with van der Waals surface area (Å²) in [6.45, 7) is 0. The Hall–Kier alpha value is -2.72. The molecule has 0 radical (unpaired) electrons. The highest BCUT2D eigenvalue weighted by atomic mass is 35.5. The number of aromatic carboxylic acids is 1. The zero-order chi connectivity index (χ0) is 15.4. The standard InChI is InChI=1S/C17H10ClNO3/c18-9-2-4-14-12(6-9)10-3-1-8-5-13(17(21)22)15(20)7-11(8)16(10)19-14/h1-7,19-20H,(H,21,22). The first kappa shape index (κ1) is 13.0. The number of carbonyl (C=O) groups is 1. The van der Waals surface area contributed by atoms with Gasteiger partial charge in [0.05, 0.1) is 5.52 Å². The molecule has 0 amide bonds. The minimum Gasteiger partial charge on any atom is -0.507 e. The van der Waals surface area contributed by atoms with Crippen molar-refractivity contribution in [2.45, 2.75) is 0 Å². The lowest BCUT2D eigenvalue weighted by atomic mass is 10.0. The molecule has 22 heavy (non-hydrogen) atoms. The number of aromatic hydroxyl groups is 1. The highest BCUT2D eigenvalue weighted by Crippen LogP contribution is 2.35. The predicted octanol–water partition coefficient (Wildman–Crippen LogP) is 4.53. The van der Waals surface area contributed by atoms with Gasteiger partial charge in [-0.2, -0.15) is 0 Å². The molecule has 0 aliphatic rings. The number of H-pyrrole nitrogens is 1. The third-order valence-electron chi connectivity index (χ3n) is 3.90. The summed E-state index contributed by atoms with van der Waals surface area (Å²) in [5, 5.41) is 23.2. The van der Waals surface area contributed by atoms with Crippen molar-refractivity contribution < 1.29 is 15.0 Å². The van der Waals surface area contributed by atoms with E-state index in [0.717, 1.165) is 32.6 Å². The zero-order valence-electron chi connectivity index (χ0n) is 11.2. The van der Waals surface area contributed by atoms with Crippen molar-refractivity contribution in [1.29, 1.82) is 0 Å². The van der Waals surface area contributed by atoms with E-state index in [1.165, 1.54) is 12.1 Å². The minimum atomic E-state index is -1.15. The monoisotopic (exact) mass is 311 g/mol. The van der Waals surface area contributed by atoms with Crippen LogP contribution in [-0.4, -0.2) is 21.2 Å². The molecule has 0 aliphatic heterocycles. The molecule has 3 aromatic carbocycles. The number of carboxylic acid groups (broad SMARTS) is 1. The van der Waals surface area contributed by atoms with Gasteiger partial charge in [0, 0.05) is 26.7 Å². The number of nitrogens with one attached hydrogen (secondary N) is 1. The van der Waals surface area contributed by atoms with Gasteiger partial charge in [-0.05, 0) is 35.7 Å². The summed E-state index contributed by atoms with van der Waals surface area (Å²) >= 11 is 6.06. The van der Waals surface area contributed by atoms with Crippen LogP contribution in [0.25, 0.3) is 32.6 Å². The van der Waals surface area contributed by atoms with Crippen molar-refractivity contribution in [3.05, 3.63) is 53.1 Å². The van der Waals surface area contributed by atoms with Gasteiger partial charge in [-0.1, -0.05) is 23.7 Å². The van der Waals surface area contributed by atoms with Crippen LogP contribution >= 0.6 is 11.6 Å². The first-order valence-corrected chi connectivity index (χ1v) is 7.02. The maximum atomic E-state index is 11.1. The van der Waals surface area contributed by atoms with Crippen LogP contribution in [-0.2, 0) is 0 Å². The largest absolute Gasteiger partial charge is 0.507 e. The van der Waals surface area contributed by atoms with E-state index in [9.17, 15) is 9.90 Å². The fourth-order valence-corrected chi connectivity index (χ4v) is 3.05. The molecule has 1 aromatic heterocycles. The third-order valence-corrected chi connectivity index (χ3v) is 4.13. The number of carboxylic acids is 1. The Bertz CT molecular complexity index is 1080. The second kappa shape index (κ2) is 4.39. The van der Waals surface area contributed by atoms with Crippen molar-refractivity contribution >= 4 is 50.1 Å². The fourth-order valence-electron chi connectivity index (χ4n) is 2.87. The maximum absolute atomic E-state index is 11.1. The van der Waals surface area contributed by atoms with Gasteiger partial charge in [-0.15, -0.1) is 0 Å². The number of aromatic nitrogens is 1. The molecule has 0 spiro atoms. The van der Waals surface area contributed by atoms with E-state index in [-0.39, 0.29) is 11.3 Å². The first-order valence-electron chi connectivity index (χ1n) is 6.64. The van der Waals surface area contributed by atoms with Crippen LogP contribution in [0.4, 0.5) is 0 Å². The molecular formula is C17H10ClNO3. The quantitative estimate of drug-likeness (QED) is 0.483. The van der Waals surface area contributed by atoms with Gasteiger partial charge < -0.3 is 15.2 Å². The van der Waals surface area contributed by atoms with Crippen LogP contribution in [0, 0.1) is 0 Å². The van der Waals surface area contributed by atoms with E-state index in [1.807, 2.05) is 30.3 Å². The van der Waals surface area contributed by atoms with Gasteiger partial charge in [-0.3, -0.25) is 0 Å². The summed E-state index contributed by atoms with van der Waals surface area (Å²) in [5.41, 5.74) is 1.68. The molecular weight excluding hydrogens is 302 g/mol. The van der Waals surface area contributed by atoms with Crippen LogP contribution < -0.4 is 0 Å². The summed E-state index contributed by atoms with van der Waals surface area (Å²) in [6.07, 6.45) is 0. The second-order valence-corrected chi connectivity index (χ2v) is 5.64. The Kier molecular flexibility index (Phi) is 2.59. The molecule has 3 N–H and O–H groups in total. The Balaban J connectivity index is 2.17. The van der Waals surface area contributed by atoms with E-state index < -0.39 is 5.97 Å². The van der Waals surface area contributed by atoms with E-state index in [2.05, 4.69) is 4.98 Å². The fraction of sp³-hybridized carbons (Fsp3) is 0. The summed E-state index contributed by atoms with van der Waals surface area (Å²) in [4.78, 5) is 14.4. The summed E-state index contributed by atoms with van der Waals surface area (Å²) < 4.78 is 0. The van der Waals surface area contributed by atoms with Crippen LogP contribution in [0.15, 0.2) is 42.5 Å². The highest BCUT2D eigenvalue weighted by molar-refractivity contribution is 6.32. The van der Waals surface area contributed by atoms with Gasteiger partial charge in [0.1, 0.15) is 11.3 Å². The molecule has 0 saturated heterocycles. The maximum Gasteiger partial charge on any atom is 0.339 e. The minimum absolute atomic E-state index is 0.106. The SMILES string of the molecule is O=C(O)c1cc2ccc3c4cc(Cl)ccc4[nH]c3c2cc1O. The first-order chi connectivity index (χ1) is 10.5. The number of hydrogen-bond acceptors (Lipinski definition) is 2. The average molecular weight is 312 g/mol. The molecule has 0 fully saturated rings. The summed E-state index contributed by atoms with van der Waals surface area (Å²) in [7, 11) is 0. The summed E-state index contributed by atoms with van der Waals surface area (Å²) in [6, 6.07) is 12.3. The van der Waals surface area contributed by atoms with E-state index in [0.29, 0.717) is 5.02 Å². The van der Waals surface area contributed by atoms with Gasteiger partial charge >= 0.3 is 5.97 Å². The number of aromatic amines is 1. The Morgan fingerprint density at radius 2 is 1.82 bits per heavy atom. The molecule has 4 aromatic rings. The molecule has 0 bridgehead atoms. The number of benzene rings is 3. The van der Waals surface area contributed by atoms with Gasteiger partial charge in [-0.25, -0.2) is 4.79 Å². The van der Waals surface area contributed by atoms with Crippen LogP contribution in [0.5, 0.6) is 5.75 Å². The van der Waals surface area contributed by atoms with Crippen molar-refractivity contribution in [2.24, 2.45) is 0 Å². The molecule has 0 saturated carbocycles. The number of phenols is 1. The lowest BCUT2D eigenvalue weighted by Gasteiger charge is -2.04. The van der Waals surface area contributed by atoms with Crippen molar-refractivity contribution in [3.63, 3.8) is 0 Å². The van der Waals surface area contributed by atoms with E-state index in [4.69, 9.17) is 16.7 Å². The van der Waals surface area contributed by atoms with Crippen molar-refractivity contribution in [3.8, 4) is 5.75 Å². The Morgan fingerprint density at radius 3 is 2.59 bits per heavy atom. The molecule has 5 heteroatoms. The normalized spacial score (nSPS) is 11.5. The second-order valence-electron chi connectivity index (χ2n) is 5.20.